The molecule has 0 spiro atoms. The molecule has 0 aromatic rings. The average Bonchev–Trinajstić information content (AvgIpc) is 2.56. The van der Waals surface area contributed by atoms with Gasteiger partial charge in [-0.05, 0) is 32.1 Å². The zero-order chi connectivity index (χ0) is 17.5. The van der Waals surface area contributed by atoms with Crippen LogP contribution in [0.3, 0.4) is 0 Å². The fourth-order valence-electron chi connectivity index (χ4n) is 2.29. The topological polar surface area (TPSA) is 80.7 Å². The molecule has 5 heteroatoms. The maximum absolute atomic E-state index is 11.7. The van der Waals surface area contributed by atoms with Crippen molar-refractivity contribution in [2.45, 2.75) is 90.6 Å². The van der Waals surface area contributed by atoms with Gasteiger partial charge in [-0.15, -0.1) is 0 Å². The van der Waals surface area contributed by atoms with Crippen LogP contribution in [0.4, 0.5) is 0 Å². The monoisotopic (exact) mass is 328 g/mol. The van der Waals surface area contributed by atoms with E-state index in [0.717, 1.165) is 32.1 Å². The van der Waals surface area contributed by atoms with E-state index >= 15 is 0 Å². The third-order valence-electron chi connectivity index (χ3n) is 3.82. The summed E-state index contributed by atoms with van der Waals surface area (Å²) in [6.07, 6.45) is 6.72. The van der Waals surface area contributed by atoms with Gasteiger partial charge in [0.1, 0.15) is 17.7 Å². The van der Waals surface area contributed by atoms with E-state index < -0.39 is 0 Å². The molecule has 0 radical (unpaired) electrons. The van der Waals surface area contributed by atoms with Crippen LogP contribution in [0, 0.1) is 0 Å². The lowest BCUT2D eigenvalue weighted by molar-refractivity contribution is -0.149. The van der Waals surface area contributed by atoms with Crippen molar-refractivity contribution in [2.75, 3.05) is 6.61 Å². The summed E-state index contributed by atoms with van der Waals surface area (Å²) in [4.78, 5) is 34.3. The number of hydrogen-bond acceptors (Lipinski definition) is 5. The number of ether oxygens (including phenoxy) is 1. The van der Waals surface area contributed by atoms with Crippen molar-refractivity contribution in [3.63, 3.8) is 0 Å². The van der Waals surface area contributed by atoms with Gasteiger partial charge in [0.25, 0.3) is 0 Å². The fourth-order valence-corrected chi connectivity index (χ4v) is 2.29. The number of ketones is 2. The maximum atomic E-state index is 11.7. The van der Waals surface area contributed by atoms with Crippen LogP contribution < -0.4 is 0 Å². The van der Waals surface area contributed by atoms with Crippen molar-refractivity contribution in [2.24, 2.45) is 0 Å². The highest BCUT2D eigenvalue weighted by Gasteiger charge is 2.11. The Balaban J connectivity index is 3.64. The molecule has 0 fully saturated rings. The molecule has 134 valence electrons. The number of rotatable bonds is 15. The lowest BCUT2D eigenvalue weighted by atomic mass is 10.0. The van der Waals surface area contributed by atoms with Gasteiger partial charge in [-0.2, -0.15) is 0 Å². The second kappa shape index (κ2) is 14.4. The number of hydrogen-bond donors (Lipinski definition) is 1. The molecule has 1 unspecified atom stereocenters. The molecule has 0 amide bonds. The molecule has 0 aromatic heterocycles. The van der Waals surface area contributed by atoms with Crippen molar-refractivity contribution in [1.29, 1.82) is 0 Å². The summed E-state index contributed by atoms with van der Waals surface area (Å²) in [6.45, 7) is 3.81. The van der Waals surface area contributed by atoms with E-state index in [-0.39, 0.29) is 30.2 Å². The van der Waals surface area contributed by atoms with Crippen LogP contribution in [0.1, 0.15) is 84.5 Å². The summed E-state index contributed by atoms with van der Waals surface area (Å²) in [6, 6.07) is 0. The Morgan fingerprint density at radius 3 is 2.00 bits per heavy atom. The van der Waals surface area contributed by atoms with E-state index in [0.29, 0.717) is 38.5 Å². The molecule has 0 aromatic carbocycles. The maximum Gasteiger partial charge on any atom is 0.305 e. The third-order valence-corrected chi connectivity index (χ3v) is 3.82. The summed E-state index contributed by atoms with van der Waals surface area (Å²) in [5, 5.41) is 8.63. The first kappa shape index (κ1) is 21.8. The van der Waals surface area contributed by atoms with E-state index in [4.69, 9.17) is 9.84 Å². The number of Topliss-reactive ketones (excluding diaryl/α,β-unsaturated/α-hetero) is 2. The number of aliphatic hydroxyl groups excluding tert-OH is 1. The van der Waals surface area contributed by atoms with Crippen molar-refractivity contribution in [3.05, 3.63) is 0 Å². The van der Waals surface area contributed by atoms with Crippen LogP contribution in [0.2, 0.25) is 0 Å². The first-order chi connectivity index (χ1) is 11.0. The largest absolute Gasteiger partial charge is 0.462 e. The quantitative estimate of drug-likeness (QED) is 0.368. The second-order valence-electron chi connectivity index (χ2n) is 5.88. The van der Waals surface area contributed by atoms with Crippen molar-refractivity contribution in [1.82, 2.24) is 0 Å². The minimum absolute atomic E-state index is 0.0118. The van der Waals surface area contributed by atoms with Gasteiger partial charge in [0.05, 0.1) is 0 Å². The van der Waals surface area contributed by atoms with Gasteiger partial charge in [-0.3, -0.25) is 14.4 Å². The minimum atomic E-state index is -0.155. The van der Waals surface area contributed by atoms with Gasteiger partial charge in [0.15, 0.2) is 0 Å². The summed E-state index contributed by atoms with van der Waals surface area (Å²) in [7, 11) is 0. The number of unbranched alkanes of at least 4 members (excludes halogenated alkanes) is 2. The van der Waals surface area contributed by atoms with Crippen molar-refractivity contribution in [3.8, 4) is 0 Å². The molecule has 0 saturated heterocycles. The highest BCUT2D eigenvalue weighted by molar-refractivity contribution is 5.85. The molecular formula is C18H32O5. The van der Waals surface area contributed by atoms with Crippen LogP contribution in [0.25, 0.3) is 0 Å². The SMILES string of the molecule is CCC(=O)OC(CC)CCCCCC(=O)CCC(=O)CCCO. The number of carbonyl (C=O) groups excluding carboxylic acids is 3. The number of carbonyl (C=O) groups is 3. The number of aliphatic hydroxyl groups is 1. The lowest BCUT2D eigenvalue weighted by Crippen LogP contribution is -2.16. The standard InChI is InChI=1S/C18H32O5/c1-3-17(23-18(22)4-2)11-7-5-6-9-15(20)12-13-16(21)10-8-14-19/h17,19H,3-14H2,1-2H3. The van der Waals surface area contributed by atoms with Crippen LogP contribution in [-0.2, 0) is 19.1 Å². The van der Waals surface area contributed by atoms with Crippen LogP contribution in [0.15, 0.2) is 0 Å². The first-order valence-corrected chi connectivity index (χ1v) is 8.87. The molecule has 0 saturated carbocycles. The van der Waals surface area contributed by atoms with Crippen molar-refractivity contribution < 1.29 is 24.2 Å². The molecular weight excluding hydrogens is 296 g/mol. The summed E-state index contributed by atoms with van der Waals surface area (Å²) in [5.41, 5.74) is 0. The summed E-state index contributed by atoms with van der Waals surface area (Å²) < 4.78 is 5.31. The molecule has 0 bridgehead atoms. The number of esters is 1. The molecule has 0 heterocycles. The summed E-state index contributed by atoms with van der Waals surface area (Å²) in [5.74, 6) is 0.0284. The van der Waals surface area contributed by atoms with E-state index in [1.165, 1.54) is 0 Å². The first-order valence-electron chi connectivity index (χ1n) is 8.87. The Hall–Kier alpha value is -1.23. The van der Waals surface area contributed by atoms with E-state index in [2.05, 4.69) is 0 Å². The Bertz CT molecular complexity index is 351. The second-order valence-corrected chi connectivity index (χ2v) is 5.88. The van der Waals surface area contributed by atoms with E-state index in [1.54, 1.807) is 6.92 Å². The molecule has 5 nitrogen and oxygen atoms in total. The molecule has 23 heavy (non-hydrogen) atoms. The van der Waals surface area contributed by atoms with Gasteiger partial charge in [0, 0.05) is 38.7 Å². The van der Waals surface area contributed by atoms with Crippen LogP contribution in [-0.4, -0.2) is 35.4 Å². The molecule has 0 aliphatic carbocycles. The molecule has 0 rings (SSSR count). The van der Waals surface area contributed by atoms with Crippen LogP contribution in [0.5, 0.6) is 0 Å². The minimum Gasteiger partial charge on any atom is -0.462 e. The molecule has 1 atom stereocenters. The van der Waals surface area contributed by atoms with Gasteiger partial charge >= 0.3 is 5.97 Å². The third kappa shape index (κ3) is 13.0. The van der Waals surface area contributed by atoms with E-state index in [9.17, 15) is 14.4 Å². The van der Waals surface area contributed by atoms with E-state index in [1.807, 2.05) is 6.92 Å². The molecule has 0 aliphatic rings. The smallest absolute Gasteiger partial charge is 0.305 e. The lowest BCUT2D eigenvalue weighted by Gasteiger charge is -2.15. The zero-order valence-electron chi connectivity index (χ0n) is 14.6. The Labute approximate surface area is 139 Å². The average molecular weight is 328 g/mol. The van der Waals surface area contributed by atoms with Gasteiger partial charge in [-0.1, -0.05) is 20.3 Å². The Morgan fingerprint density at radius 2 is 1.48 bits per heavy atom. The fraction of sp³-hybridized carbons (Fsp3) is 0.833. The molecule has 1 N–H and O–H groups in total. The Kier molecular flexibility index (Phi) is 13.6. The molecule has 0 aliphatic heterocycles. The predicted molar refractivity (Wildman–Crippen MR) is 89.1 cm³/mol. The normalized spacial score (nSPS) is 12.0. The van der Waals surface area contributed by atoms with Crippen LogP contribution >= 0.6 is 0 Å². The van der Waals surface area contributed by atoms with Gasteiger partial charge in [-0.25, -0.2) is 0 Å². The van der Waals surface area contributed by atoms with Gasteiger partial charge in [0.2, 0.25) is 0 Å². The highest BCUT2D eigenvalue weighted by Crippen LogP contribution is 2.13. The highest BCUT2D eigenvalue weighted by atomic mass is 16.5. The summed E-state index contributed by atoms with van der Waals surface area (Å²) >= 11 is 0. The zero-order valence-corrected chi connectivity index (χ0v) is 14.6. The Morgan fingerprint density at radius 1 is 0.870 bits per heavy atom. The predicted octanol–water partition coefficient (Wildman–Crippen LogP) is 3.36. The van der Waals surface area contributed by atoms with Gasteiger partial charge < -0.3 is 9.84 Å². The van der Waals surface area contributed by atoms with Crippen molar-refractivity contribution >= 4 is 17.5 Å².